The van der Waals surface area contributed by atoms with E-state index in [2.05, 4.69) is 20.7 Å². The van der Waals surface area contributed by atoms with Gasteiger partial charge in [0.1, 0.15) is 6.54 Å². The molecule has 12 heteroatoms. The Labute approximate surface area is 185 Å². The van der Waals surface area contributed by atoms with Gasteiger partial charge in [0, 0.05) is 18.7 Å². The molecule has 0 radical (unpaired) electrons. The molecule has 2 amide bonds. The quantitative estimate of drug-likeness (QED) is 0.490. The second-order valence-corrected chi connectivity index (χ2v) is 7.76. The molecule has 1 aromatic carbocycles. The number of benzene rings is 1. The lowest BCUT2D eigenvalue weighted by Crippen LogP contribution is -2.51. The van der Waals surface area contributed by atoms with Crippen molar-refractivity contribution in [3.63, 3.8) is 0 Å². The SMILES string of the molecule is CC(C)(CO)NC(=O)C1COCCN(C(=O)Cn2nnc(-c3ccccc3)n2)C1.O=CO. The number of rotatable bonds is 6. The van der Waals surface area contributed by atoms with Gasteiger partial charge in [0.15, 0.2) is 0 Å². The highest BCUT2D eigenvalue weighted by Gasteiger charge is 2.30. The highest BCUT2D eigenvalue weighted by atomic mass is 16.5. The number of nitrogens with zero attached hydrogens (tertiary/aromatic N) is 5. The predicted octanol–water partition coefficient (Wildman–Crippen LogP) is -0.597. The summed E-state index contributed by atoms with van der Waals surface area (Å²) < 4.78 is 5.50. The van der Waals surface area contributed by atoms with Gasteiger partial charge < -0.3 is 25.2 Å². The lowest BCUT2D eigenvalue weighted by Gasteiger charge is -2.28. The van der Waals surface area contributed by atoms with Gasteiger partial charge in [0.25, 0.3) is 6.47 Å². The molecule has 1 atom stereocenters. The average molecular weight is 448 g/mol. The number of carbonyl (C=O) groups excluding carboxylic acids is 2. The van der Waals surface area contributed by atoms with Gasteiger partial charge in [-0.1, -0.05) is 30.3 Å². The number of aliphatic hydroxyl groups is 1. The van der Waals surface area contributed by atoms with E-state index in [0.717, 1.165) is 5.56 Å². The predicted molar refractivity (Wildman–Crippen MR) is 112 cm³/mol. The van der Waals surface area contributed by atoms with Gasteiger partial charge in [-0.2, -0.15) is 4.80 Å². The Morgan fingerprint density at radius 3 is 2.66 bits per heavy atom. The highest BCUT2D eigenvalue weighted by Crippen LogP contribution is 2.13. The molecule has 3 rings (SSSR count). The van der Waals surface area contributed by atoms with Crippen LogP contribution in [-0.2, 0) is 25.7 Å². The summed E-state index contributed by atoms with van der Waals surface area (Å²) in [5, 5.41) is 31.2. The van der Waals surface area contributed by atoms with Gasteiger partial charge >= 0.3 is 0 Å². The highest BCUT2D eigenvalue weighted by molar-refractivity contribution is 5.81. The molecule has 0 saturated carbocycles. The Hall–Kier alpha value is -3.38. The van der Waals surface area contributed by atoms with Gasteiger partial charge in [-0.15, -0.1) is 10.2 Å². The molecule has 1 saturated heterocycles. The van der Waals surface area contributed by atoms with Crippen LogP contribution in [0.5, 0.6) is 0 Å². The summed E-state index contributed by atoms with van der Waals surface area (Å²) in [5.74, 6) is -0.544. The van der Waals surface area contributed by atoms with Crippen molar-refractivity contribution in [2.45, 2.75) is 25.9 Å². The molecule has 12 nitrogen and oxygen atoms in total. The molecular formula is C20H28N6O6. The third-order valence-electron chi connectivity index (χ3n) is 4.61. The molecule has 1 aromatic heterocycles. The second kappa shape index (κ2) is 11.9. The van der Waals surface area contributed by atoms with E-state index in [1.165, 1.54) is 4.80 Å². The molecular weight excluding hydrogens is 420 g/mol. The summed E-state index contributed by atoms with van der Waals surface area (Å²) in [7, 11) is 0. The first kappa shape index (κ1) is 24.9. The van der Waals surface area contributed by atoms with E-state index >= 15 is 0 Å². The number of nitrogens with one attached hydrogen (secondary N) is 1. The van der Waals surface area contributed by atoms with Crippen LogP contribution in [0.2, 0.25) is 0 Å². The summed E-state index contributed by atoms with van der Waals surface area (Å²) in [6.07, 6.45) is 0. The summed E-state index contributed by atoms with van der Waals surface area (Å²) in [5.41, 5.74) is 0.0779. The number of tetrazole rings is 1. The number of aliphatic hydroxyl groups excluding tert-OH is 1. The lowest BCUT2D eigenvalue weighted by molar-refractivity contribution is -0.134. The third kappa shape index (κ3) is 7.39. The van der Waals surface area contributed by atoms with Crippen molar-refractivity contribution in [3.8, 4) is 11.4 Å². The molecule has 1 aliphatic heterocycles. The first-order valence-corrected chi connectivity index (χ1v) is 9.99. The summed E-state index contributed by atoms with van der Waals surface area (Å²) in [6, 6.07) is 9.38. The molecule has 0 spiro atoms. The molecule has 2 aromatic rings. The van der Waals surface area contributed by atoms with Crippen LogP contribution < -0.4 is 5.32 Å². The minimum Gasteiger partial charge on any atom is -0.483 e. The van der Waals surface area contributed by atoms with Crippen LogP contribution in [0.1, 0.15) is 13.8 Å². The number of amides is 2. The molecule has 1 aliphatic rings. The molecule has 32 heavy (non-hydrogen) atoms. The van der Waals surface area contributed by atoms with Gasteiger partial charge in [-0.3, -0.25) is 14.4 Å². The van der Waals surface area contributed by atoms with Crippen LogP contribution in [0.25, 0.3) is 11.4 Å². The number of carboxylic acid groups (broad SMARTS) is 1. The first-order chi connectivity index (χ1) is 15.3. The van der Waals surface area contributed by atoms with Crippen molar-refractivity contribution in [1.29, 1.82) is 0 Å². The van der Waals surface area contributed by atoms with Gasteiger partial charge in [-0.25, -0.2) is 0 Å². The fourth-order valence-corrected chi connectivity index (χ4v) is 2.90. The van der Waals surface area contributed by atoms with E-state index in [9.17, 15) is 14.7 Å². The Balaban J connectivity index is 0.00000114. The standard InChI is InChI=1S/C19H26N6O4.CH2O2/c1-19(2,13-26)20-18(28)15-10-24(8-9-29-12-15)16(27)11-25-22-17(21-23-25)14-6-4-3-5-7-14;2-1-3/h3-7,15,26H,8-13H2,1-2H3,(H,20,28);1H,(H,2,3). The largest absolute Gasteiger partial charge is 0.483 e. The fraction of sp³-hybridized carbons (Fsp3) is 0.500. The van der Waals surface area contributed by atoms with Crippen molar-refractivity contribution in [3.05, 3.63) is 30.3 Å². The van der Waals surface area contributed by atoms with E-state index in [1.54, 1.807) is 18.7 Å². The number of ether oxygens (including phenoxy) is 1. The maximum absolute atomic E-state index is 12.7. The zero-order valence-electron chi connectivity index (χ0n) is 18.0. The van der Waals surface area contributed by atoms with Crippen LogP contribution in [0.15, 0.2) is 30.3 Å². The summed E-state index contributed by atoms with van der Waals surface area (Å²) in [6.45, 7) is 4.12. The van der Waals surface area contributed by atoms with Crippen LogP contribution in [0, 0.1) is 5.92 Å². The number of hydrogen-bond acceptors (Lipinski definition) is 8. The minimum atomic E-state index is -0.739. The average Bonchev–Trinajstić information content (AvgIpc) is 3.09. The molecule has 0 aliphatic carbocycles. The van der Waals surface area contributed by atoms with E-state index in [0.29, 0.717) is 19.0 Å². The zero-order valence-corrected chi connectivity index (χ0v) is 18.0. The first-order valence-electron chi connectivity index (χ1n) is 9.99. The Bertz CT molecular complexity index is 888. The Kier molecular flexibility index (Phi) is 9.22. The van der Waals surface area contributed by atoms with Gasteiger partial charge in [-0.05, 0) is 19.1 Å². The van der Waals surface area contributed by atoms with Gasteiger partial charge in [0.05, 0.1) is 31.3 Å². The Morgan fingerprint density at radius 1 is 1.31 bits per heavy atom. The minimum absolute atomic E-state index is 0.0731. The van der Waals surface area contributed by atoms with E-state index in [-0.39, 0.29) is 44.6 Å². The molecule has 1 fully saturated rings. The normalized spacial score (nSPS) is 16.3. The Morgan fingerprint density at radius 2 is 2.00 bits per heavy atom. The second-order valence-electron chi connectivity index (χ2n) is 7.76. The number of carbonyl (C=O) groups is 3. The topological polar surface area (TPSA) is 160 Å². The smallest absolute Gasteiger partial charge is 0.290 e. The number of hydrogen-bond donors (Lipinski definition) is 3. The van der Waals surface area contributed by atoms with E-state index in [4.69, 9.17) is 14.6 Å². The molecule has 2 heterocycles. The van der Waals surface area contributed by atoms with Crippen molar-refractivity contribution in [1.82, 2.24) is 30.4 Å². The lowest BCUT2D eigenvalue weighted by atomic mass is 10.0. The summed E-state index contributed by atoms with van der Waals surface area (Å²) >= 11 is 0. The summed E-state index contributed by atoms with van der Waals surface area (Å²) in [4.78, 5) is 36.5. The molecule has 174 valence electrons. The monoisotopic (exact) mass is 448 g/mol. The molecule has 3 N–H and O–H groups in total. The third-order valence-corrected chi connectivity index (χ3v) is 4.61. The van der Waals surface area contributed by atoms with Crippen LogP contribution in [0.4, 0.5) is 0 Å². The molecule has 1 unspecified atom stereocenters. The van der Waals surface area contributed by atoms with Crippen LogP contribution >= 0.6 is 0 Å². The van der Waals surface area contributed by atoms with Crippen LogP contribution in [0.3, 0.4) is 0 Å². The number of aromatic nitrogens is 4. The van der Waals surface area contributed by atoms with Crippen molar-refractivity contribution < 1.29 is 29.3 Å². The maximum Gasteiger partial charge on any atom is 0.290 e. The maximum atomic E-state index is 12.7. The van der Waals surface area contributed by atoms with Crippen molar-refractivity contribution >= 4 is 18.3 Å². The van der Waals surface area contributed by atoms with Crippen molar-refractivity contribution in [2.75, 3.05) is 32.9 Å². The van der Waals surface area contributed by atoms with Crippen molar-refractivity contribution in [2.24, 2.45) is 5.92 Å². The van der Waals surface area contributed by atoms with E-state index in [1.807, 2.05) is 30.3 Å². The van der Waals surface area contributed by atoms with Gasteiger partial charge in [0.2, 0.25) is 17.6 Å². The van der Waals surface area contributed by atoms with E-state index < -0.39 is 11.5 Å². The van der Waals surface area contributed by atoms with Crippen LogP contribution in [-0.4, -0.2) is 92.1 Å². The fourth-order valence-electron chi connectivity index (χ4n) is 2.90. The zero-order chi connectivity index (χ0) is 23.6. The molecule has 0 bridgehead atoms.